The number of aryl methyl sites for hydroxylation is 1. The molecule has 0 bridgehead atoms. The monoisotopic (exact) mass is 347 g/mol. The first-order chi connectivity index (χ1) is 12.7. The van der Waals surface area contributed by atoms with Crippen molar-refractivity contribution in [1.82, 2.24) is 15.0 Å². The molecule has 132 valence electrons. The van der Waals surface area contributed by atoms with Crippen molar-refractivity contribution in [2.45, 2.75) is 19.8 Å². The van der Waals surface area contributed by atoms with Crippen molar-refractivity contribution in [2.24, 2.45) is 0 Å². The van der Waals surface area contributed by atoms with Crippen molar-refractivity contribution in [3.05, 3.63) is 66.0 Å². The van der Waals surface area contributed by atoms with Crippen LogP contribution < -0.4 is 10.2 Å². The zero-order chi connectivity index (χ0) is 17.9. The largest absolute Gasteiger partial charge is 0.372 e. The van der Waals surface area contributed by atoms with Crippen molar-refractivity contribution in [1.29, 1.82) is 0 Å². The third-order valence-electron chi connectivity index (χ3n) is 4.68. The molecule has 0 unspecified atom stereocenters. The SMILES string of the molecule is Cc1cc(N2CCCC2)ccc1NC(=O)c1cn(-c2ccccc2)nn1. The fraction of sp³-hybridized carbons (Fsp3) is 0.250. The highest BCUT2D eigenvalue weighted by molar-refractivity contribution is 6.03. The fourth-order valence-corrected chi connectivity index (χ4v) is 3.22. The molecule has 1 fully saturated rings. The van der Waals surface area contributed by atoms with Gasteiger partial charge in [-0.15, -0.1) is 5.10 Å². The number of amides is 1. The van der Waals surface area contributed by atoms with Gasteiger partial charge in [0.15, 0.2) is 5.69 Å². The lowest BCUT2D eigenvalue weighted by Crippen LogP contribution is -2.18. The lowest BCUT2D eigenvalue weighted by molar-refractivity contribution is 0.102. The Morgan fingerprint density at radius 3 is 2.54 bits per heavy atom. The molecule has 0 aliphatic carbocycles. The summed E-state index contributed by atoms with van der Waals surface area (Å²) in [5, 5.41) is 11.0. The molecule has 2 aromatic carbocycles. The van der Waals surface area contributed by atoms with Crippen LogP contribution in [0.2, 0.25) is 0 Å². The van der Waals surface area contributed by atoms with Crippen LogP contribution in [0.4, 0.5) is 11.4 Å². The lowest BCUT2D eigenvalue weighted by atomic mass is 10.1. The van der Waals surface area contributed by atoms with E-state index < -0.39 is 0 Å². The molecule has 3 aromatic rings. The van der Waals surface area contributed by atoms with E-state index in [2.05, 4.69) is 32.7 Å². The fourth-order valence-electron chi connectivity index (χ4n) is 3.22. The Hall–Kier alpha value is -3.15. The average Bonchev–Trinajstić information content (AvgIpc) is 3.36. The van der Waals surface area contributed by atoms with Gasteiger partial charge in [0.25, 0.3) is 5.91 Å². The number of carbonyl (C=O) groups excluding carboxylic acids is 1. The summed E-state index contributed by atoms with van der Waals surface area (Å²) in [6, 6.07) is 15.8. The van der Waals surface area contributed by atoms with E-state index in [0.29, 0.717) is 0 Å². The summed E-state index contributed by atoms with van der Waals surface area (Å²) >= 11 is 0. The molecule has 1 saturated heterocycles. The number of para-hydroxylation sites is 1. The predicted molar refractivity (Wildman–Crippen MR) is 102 cm³/mol. The molecule has 1 N–H and O–H groups in total. The molecular weight excluding hydrogens is 326 g/mol. The number of nitrogens with zero attached hydrogens (tertiary/aromatic N) is 4. The van der Waals surface area contributed by atoms with E-state index in [1.807, 2.05) is 43.3 Å². The first kappa shape index (κ1) is 16.3. The number of carbonyl (C=O) groups is 1. The smallest absolute Gasteiger partial charge is 0.277 e. The van der Waals surface area contributed by atoms with E-state index in [4.69, 9.17) is 0 Å². The topological polar surface area (TPSA) is 63.1 Å². The highest BCUT2D eigenvalue weighted by Crippen LogP contribution is 2.25. The molecular formula is C20H21N5O. The van der Waals surface area contributed by atoms with Crippen LogP contribution in [0.15, 0.2) is 54.7 Å². The minimum absolute atomic E-state index is 0.260. The van der Waals surface area contributed by atoms with Crippen LogP contribution in [0.1, 0.15) is 28.9 Å². The number of rotatable bonds is 4. The molecule has 0 spiro atoms. The maximum absolute atomic E-state index is 12.5. The number of benzene rings is 2. The molecule has 1 amide bonds. The van der Waals surface area contributed by atoms with Gasteiger partial charge < -0.3 is 10.2 Å². The summed E-state index contributed by atoms with van der Waals surface area (Å²) in [6.07, 6.45) is 4.13. The van der Waals surface area contributed by atoms with Gasteiger partial charge >= 0.3 is 0 Å². The van der Waals surface area contributed by atoms with Gasteiger partial charge in [-0.3, -0.25) is 4.79 Å². The van der Waals surface area contributed by atoms with E-state index in [1.54, 1.807) is 10.9 Å². The van der Waals surface area contributed by atoms with Gasteiger partial charge in [-0.1, -0.05) is 23.4 Å². The normalized spacial score (nSPS) is 13.8. The van der Waals surface area contributed by atoms with E-state index in [0.717, 1.165) is 30.0 Å². The van der Waals surface area contributed by atoms with Gasteiger partial charge in [0, 0.05) is 24.5 Å². The van der Waals surface area contributed by atoms with Crippen LogP contribution in [-0.4, -0.2) is 34.0 Å². The van der Waals surface area contributed by atoms with Gasteiger partial charge in [-0.25, -0.2) is 4.68 Å². The number of hydrogen-bond acceptors (Lipinski definition) is 4. The molecule has 1 aromatic heterocycles. The molecule has 0 saturated carbocycles. The third kappa shape index (κ3) is 3.31. The second-order valence-corrected chi connectivity index (χ2v) is 6.53. The van der Waals surface area contributed by atoms with Crippen LogP contribution in [0.3, 0.4) is 0 Å². The molecule has 1 aliphatic heterocycles. The zero-order valence-electron chi connectivity index (χ0n) is 14.7. The highest BCUT2D eigenvalue weighted by Gasteiger charge is 2.15. The molecule has 2 heterocycles. The first-order valence-corrected chi connectivity index (χ1v) is 8.85. The van der Waals surface area contributed by atoms with Crippen molar-refractivity contribution in [2.75, 3.05) is 23.3 Å². The van der Waals surface area contributed by atoms with Gasteiger partial charge in [-0.05, 0) is 55.7 Å². The van der Waals surface area contributed by atoms with E-state index in [-0.39, 0.29) is 11.6 Å². The zero-order valence-corrected chi connectivity index (χ0v) is 14.7. The number of nitrogens with one attached hydrogen (secondary N) is 1. The predicted octanol–water partition coefficient (Wildman–Crippen LogP) is 3.43. The van der Waals surface area contributed by atoms with Crippen LogP contribution in [0.25, 0.3) is 5.69 Å². The number of aromatic nitrogens is 3. The molecule has 6 heteroatoms. The highest BCUT2D eigenvalue weighted by atomic mass is 16.2. The second-order valence-electron chi connectivity index (χ2n) is 6.53. The Bertz CT molecular complexity index is 913. The maximum atomic E-state index is 12.5. The Labute approximate surface area is 152 Å². The Morgan fingerprint density at radius 1 is 1.04 bits per heavy atom. The van der Waals surface area contributed by atoms with Gasteiger partial charge in [0.2, 0.25) is 0 Å². The van der Waals surface area contributed by atoms with Crippen LogP contribution >= 0.6 is 0 Å². The second kappa shape index (κ2) is 7.00. The molecule has 0 radical (unpaired) electrons. The van der Waals surface area contributed by atoms with Crippen LogP contribution in [0, 0.1) is 6.92 Å². The van der Waals surface area contributed by atoms with Crippen molar-refractivity contribution >= 4 is 17.3 Å². The maximum Gasteiger partial charge on any atom is 0.277 e. The summed E-state index contributed by atoms with van der Waals surface area (Å²) in [6.45, 7) is 4.22. The van der Waals surface area contributed by atoms with Crippen LogP contribution in [-0.2, 0) is 0 Å². The quantitative estimate of drug-likeness (QED) is 0.785. The Morgan fingerprint density at radius 2 is 1.81 bits per heavy atom. The molecule has 4 rings (SSSR count). The molecule has 26 heavy (non-hydrogen) atoms. The summed E-state index contributed by atoms with van der Waals surface area (Å²) in [7, 11) is 0. The van der Waals surface area contributed by atoms with Crippen molar-refractivity contribution in [3.8, 4) is 5.69 Å². The number of anilines is 2. The summed E-state index contributed by atoms with van der Waals surface area (Å²) in [5.41, 5.74) is 4.21. The minimum atomic E-state index is -0.260. The van der Waals surface area contributed by atoms with Crippen molar-refractivity contribution < 1.29 is 4.79 Å². The van der Waals surface area contributed by atoms with Crippen LogP contribution in [0.5, 0.6) is 0 Å². The van der Waals surface area contributed by atoms with Gasteiger partial charge in [0.1, 0.15) is 0 Å². The standard InChI is InChI=1S/C20H21N5O/c1-15-13-17(24-11-5-6-12-24)9-10-18(15)21-20(26)19-14-25(23-22-19)16-7-3-2-4-8-16/h2-4,7-10,13-14H,5-6,11-12H2,1H3,(H,21,26). The van der Waals surface area contributed by atoms with Crippen molar-refractivity contribution in [3.63, 3.8) is 0 Å². The number of hydrogen-bond donors (Lipinski definition) is 1. The minimum Gasteiger partial charge on any atom is -0.372 e. The summed E-state index contributed by atoms with van der Waals surface area (Å²) in [5.74, 6) is -0.260. The third-order valence-corrected chi connectivity index (χ3v) is 4.68. The molecule has 0 atom stereocenters. The Balaban J connectivity index is 1.49. The molecule has 1 aliphatic rings. The molecule has 6 nitrogen and oxygen atoms in total. The van der Waals surface area contributed by atoms with Gasteiger partial charge in [0.05, 0.1) is 11.9 Å². The van der Waals surface area contributed by atoms with E-state index in [9.17, 15) is 4.79 Å². The van der Waals surface area contributed by atoms with E-state index >= 15 is 0 Å². The first-order valence-electron chi connectivity index (χ1n) is 8.85. The van der Waals surface area contributed by atoms with Gasteiger partial charge in [-0.2, -0.15) is 0 Å². The average molecular weight is 347 g/mol. The lowest BCUT2D eigenvalue weighted by Gasteiger charge is -2.19. The Kier molecular flexibility index (Phi) is 4.39. The summed E-state index contributed by atoms with van der Waals surface area (Å²) in [4.78, 5) is 14.9. The summed E-state index contributed by atoms with van der Waals surface area (Å²) < 4.78 is 1.60. The van der Waals surface area contributed by atoms with E-state index in [1.165, 1.54) is 18.5 Å².